The fourth-order valence-corrected chi connectivity index (χ4v) is 0.920. The van der Waals surface area contributed by atoms with Crippen LogP contribution in [0.5, 0.6) is 0 Å². The normalized spacial score (nSPS) is 10.2. The average Bonchev–Trinajstić information content (AvgIpc) is 1.84. The van der Waals surface area contributed by atoms with Gasteiger partial charge in [-0.2, -0.15) is 0 Å². The zero-order valence-corrected chi connectivity index (χ0v) is 6.82. The number of carboxylic acid groups (broad SMARTS) is 2. The van der Waals surface area contributed by atoms with Gasteiger partial charge < -0.3 is 14.9 Å². The molecule has 0 aliphatic heterocycles. The van der Waals surface area contributed by atoms with Crippen molar-refractivity contribution in [3.8, 4) is 0 Å². The average molecular weight is 176 g/mol. The Labute approximate surface area is 70.0 Å². The van der Waals surface area contributed by atoms with Gasteiger partial charge in [-0.15, -0.1) is 0 Å². The molecule has 0 amide bonds. The predicted molar refractivity (Wildman–Crippen MR) is 39.9 cm³/mol. The Morgan fingerprint density at radius 2 is 1.67 bits per heavy atom. The van der Waals surface area contributed by atoms with Crippen LogP contribution in [0.15, 0.2) is 0 Å². The van der Waals surface area contributed by atoms with Gasteiger partial charge in [0.1, 0.15) is 0 Å². The Hall–Kier alpha value is -1.10. The summed E-state index contributed by atoms with van der Waals surface area (Å²) in [7, 11) is 1.41. The Morgan fingerprint density at radius 3 is 1.92 bits per heavy atom. The van der Waals surface area contributed by atoms with Crippen LogP contribution in [0, 0.1) is 5.92 Å². The zero-order valence-electron chi connectivity index (χ0n) is 6.82. The van der Waals surface area contributed by atoms with Crippen LogP contribution in [-0.2, 0) is 14.3 Å². The number of hydrogen-bond acceptors (Lipinski definition) is 3. The fourth-order valence-electron chi connectivity index (χ4n) is 0.920. The highest BCUT2D eigenvalue weighted by atomic mass is 16.5. The maximum atomic E-state index is 10.2. The molecule has 2 N–H and O–H groups in total. The summed E-state index contributed by atoms with van der Waals surface area (Å²) in [6, 6.07) is 0. The summed E-state index contributed by atoms with van der Waals surface area (Å²) in [5, 5.41) is 16.7. The van der Waals surface area contributed by atoms with E-state index in [0.717, 1.165) is 0 Å². The third-order valence-corrected chi connectivity index (χ3v) is 1.33. The number of methoxy groups -OCH3 is 1. The SMILES string of the molecule is COCC(CC(=O)O)CC(=O)O. The minimum atomic E-state index is -1.00. The van der Waals surface area contributed by atoms with Crippen LogP contribution in [0.3, 0.4) is 0 Å². The highest BCUT2D eigenvalue weighted by molar-refractivity contribution is 5.70. The molecule has 5 heteroatoms. The number of ether oxygens (including phenoxy) is 1. The monoisotopic (exact) mass is 176 g/mol. The maximum absolute atomic E-state index is 10.2. The summed E-state index contributed by atoms with van der Waals surface area (Å²) >= 11 is 0. The third kappa shape index (κ3) is 5.67. The van der Waals surface area contributed by atoms with Gasteiger partial charge in [-0.1, -0.05) is 0 Å². The number of hydrogen-bond donors (Lipinski definition) is 2. The smallest absolute Gasteiger partial charge is 0.303 e. The topological polar surface area (TPSA) is 83.8 Å². The van der Waals surface area contributed by atoms with E-state index in [4.69, 9.17) is 10.2 Å². The summed E-state index contributed by atoms with van der Waals surface area (Å²) in [6.07, 6.45) is -0.333. The first-order chi connectivity index (χ1) is 5.56. The standard InChI is InChI=1S/C7H12O5/c1-12-4-5(2-6(8)9)3-7(10)11/h5H,2-4H2,1H3,(H,8,9)(H,10,11). The molecule has 70 valence electrons. The Balaban J connectivity index is 3.85. The first kappa shape index (κ1) is 10.9. The molecule has 0 rings (SSSR count). The second-order valence-corrected chi connectivity index (χ2v) is 2.52. The molecule has 0 aromatic heterocycles. The molecular weight excluding hydrogens is 164 g/mol. The molecule has 0 saturated carbocycles. The van der Waals surface area contributed by atoms with E-state index in [-0.39, 0.29) is 19.4 Å². The largest absolute Gasteiger partial charge is 0.481 e. The molecule has 0 heterocycles. The molecule has 12 heavy (non-hydrogen) atoms. The quantitative estimate of drug-likeness (QED) is 0.603. The summed E-state index contributed by atoms with van der Waals surface area (Å²) in [4.78, 5) is 20.4. The first-order valence-corrected chi connectivity index (χ1v) is 3.48. The Kier molecular flexibility index (Phi) is 5.03. The number of carboxylic acids is 2. The van der Waals surface area contributed by atoms with E-state index in [1.165, 1.54) is 7.11 Å². The third-order valence-electron chi connectivity index (χ3n) is 1.33. The predicted octanol–water partition coefficient (Wildman–Crippen LogP) is 0.198. The van der Waals surface area contributed by atoms with Crippen LogP contribution in [0.25, 0.3) is 0 Å². The van der Waals surface area contributed by atoms with Crippen molar-refractivity contribution in [3.63, 3.8) is 0 Å². The lowest BCUT2D eigenvalue weighted by Crippen LogP contribution is -2.17. The number of carbonyl (C=O) groups is 2. The zero-order chi connectivity index (χ0) is 9.56. The van der Waals surface area contributed by atoms with E-state index in [9.17, 15) is 9.59 Å². The van der Waals surface area contributed by atoms with Crippen molar-refractivity contribution in [1.29, 1.82) is 0 Å². The van der Waals surface area contributed by atoms with E-state index in [0.29, 0.717) is 0 Å². The van der Waals surface area contributed by atoms with Crippen molar-refractivity contribution in [2.24, 2.45) is 5.92 Å². The molecule has 0 radical (unpaired) electrons. The first-order valence-electron chi connectivity index (χ1n) is 3.48. The maximum Gasteiger partial charge on any atom is 0.303 e. The molecule has 0 bridgehead atoms. The lowest BCUT2D eigenvalue weighted by Gasteiger charge is -2.09. The van der Waals surface area contributed by atoms with Crippen LogP contribution in [0.4, 0.5) is 0 Å². The lowest BCUT2D eigenvalue weighted by molar-refractivity contribution is -0.141. The molecule has 0 aromatic rings. The molecule has 0 atom stereocenters. The van der Waals surface area contributed by atoms with Crippen LogP contribution in [-0.4, -0.2) is 35.9 Å². The highest BCUT2D eigenvalue weighted by Crippen LogP contribution is 2.08. The van der Waals surface area contributed by atoms with Crippen molar-refractivity contribution >= 4 is 11.9 Å². The fraction of sp³-hybridized carbons (Fsp3) is 0.714. The Morgan fingerprint density at radius 1 is 1.25 bits per heavy atom. The molecule has 0 aliphatic carbocycles. The van der Waals surface area contributed by atoms with Gasteiger partial charge in [-0.05, 0) is 0 Å². The van der Waals surface area contributed by atoms with Gasteiger partial charge >= 0.3 is 11.9 Å². The van der Waals surface area contributed by atoms with Crippen molar-refractivity contribution in [2.75, 3.05) is 13.7 Å². The lowest BCUT2D eigenvalue weighted by atomic mass is 10.0. The van der Waals surface area contributed by atoms with Crippen molar-refractivity contribution in [3.05, 3.63) is 0 Å². The molecule has 0 fully saturated rings. The Bertz CT molecular complexity index is 149. The van der Waals surface area contributed by atoms with Crippen molar-refractivity contribution < 1.29 is 24.5 Å². The van der Waals surface area contributed by atoms with Crippen LogP contribution >= 0.6 is 0 Å². The summed E-state index contributed by atoms with van der Waals surface area (Å²) < 4.78 is 4.68. The second-order valence-electron chi connectivity index (χ2n) is 2.52. The van der Waals surface area contributed by atoms with Crippen LogP contribution < -0.4 is 0 Å². The van der Waals surface area contributed by atoms with E-state index in [2.05, 4.69) is 4.74 Å². The van der Waals surface area contributed by atoms with Crippen LogP contribution in [0.1, 0.15) is 12.8 Å². The minimum Gasteiger partial charge on any atom is -0.481 e. The number of rotatable bonds is 6. The van der Waals surface area contributed by atoms with E-state index in [1.54, 1.807) is 0 Å². The molecule has 0 saturated heterocycles. The molecular formula is C7H12O5. The van der Waals surface area contributed by atoms with E-state index in [1.807, 2.05) is 0 Å². The summed E-state index contributed by atoms with van der Waals surface area (Å²) in [5.74, 6) is -2.44. The molecule has 0 aliphatic rings. The van der Waals surface area contributed by atoms with Gasteiger partial charge in [0.2, 0.25) is 0 Å². The number of aliphatic carboxylic acids is 2. The van der Waals surface area contributed by atoms with Gasteiger partial charge in [0.25, 0.3) is 0 Å². The highest BCUT2D eigenvalue weighted by Gasteiger charge is 2.16. The molecule has 0 unspecified atom stereocenters. The summed E-state index contributed by atoms with van der Waals surface area (Å²) in [6.45, 7) is 0.165. The summed E-state index contributed by atoms with van der Waals surface area (Å²) in [5.41, 5.74) is 0. The molecule has 5 nitrogen and oxygen atoms in total. The molecule has 0 spiro atoms. The second kappa shape index (κ2) is 5.54. The minimum absolute atomic E-state index is 0.165. The molecule has 0 aromatic carbocycles. The van der Waals surface area contributed by atoms with Gasteiger partial charge in [-0.25, -0.2) is 0 Å². The van der Waals surface area contributed by atoms with E-state index < -0.39 is 17.9 Å². The van der Waals surface area contributed by atoms with Crippen molar-refractivity contribution in [1.82, 2.24) is 0 Å². The van der Waals surface area contributed by atoms with Crippen LogP contribution in [0.2, 0.25) is 0 Å². The van der Waals surface area contributed by atoms with E-state index >= 15 is 0 Å². The van der Waals surface area contributed by atoms with Crippen molar-refractivity contribution in [2.45, 2.75) is 12.8 Å². The van der Waals surface area contributed by atoms with Gasteiger partial charge in [0.15, 0.2) is 0 Å². The van der Waals surface area contributed by atoms with Gasteiger partial charge in [0, 0.05) is 13.0 Å². The van der Waals surface area contributed by atoms with Gasteiger partial charge in [-0.3, -0.25) is 9.59 Å². The van der Waals surface area contributed by atoms with Gasteiger partial charge in [0.05, 0.1) is 19.4 Å².